The third-order valence-electron chi connectivity index (χ3n) is 5.28. The fourth-order valence-corrected chi connectivity index (χ4v) is 4.92. The molecular weight excluding hydrogens is 486 g/mol. The molecule has 0 aliphatic heterocycles. The standard InChI is InChI=1S/C25H27N3O5S2/c1-28(25(29)14-7-21-5-10-23(11-6-21)34(2,30)31)22-8-12-24(13-9-22)35(32,33)27-17-3-4-20-15-18-26-19-16-20/h5-16,18-19,27H,3-4,17H2,1-2H3. The topological polar surface area (TPSA) is 114 Å². The molecule has 0 spiro atoms. The van der Waals surface area contributed by atoms with E-state index in [-0.39, 0.29) is 15.7 Å². The Bertz CT molecular complexity index is 1390. The van der Waals surface area contributed by atoms with Gasteiger partial charge in [0.05, 0.1) is 9.79 Å². The smallest absolute Gasteiger partial charge is 0.250 e. The van der Waals surface area contributed by atoms with Crippen LogP contribution in [-0.4, -0.2) is 47.6 Å². The first-order valence-electron chi connectivity index (χ1n) is 10.8. The Balaban J connectivity index is 1.56. The Morgan fingerprint density at radius 3 is 2.11 bits per heavy atom. The van der Waals surface area contributed by atoms with Gasteiger partial charge in [-0.3, -0.25) is 9.78 Å². The molecule has 3 aromatic rings. The summed E-state index contributed by atoms with van der Waals surface area (Å²) in [5.74, 6) is -0.318. The van der Waals surface area contributed by atoms with E-state index in [0.29, 0.717) is 24.2 Å². The lowest BCUT2D eigenvalue weighted by Gasteiger charge is -2.16. The zero-order valence-corrected chi connectivity index (χ0v) is 21.1. The molecule has 0 saturated heterocycles. The molecule has 184 valence electrons. The number of aryl methyl sites for hydroxylation is 1. The lowest BCUT2D eigenvalue weighted by molar-refractivity contribution is -0.113. The lowest BCUT2D eigenvalue weighted by Crippen LogP contribution is -2.26. The summed E-state index contributed by atoms with van der Waals surface area (Å²) in [6.07, 6.45) is 8.89. The second-order valence-corrected chi connectivity index (χ2v) is 11.7. The molecule has 8 nitrogen and oxygen atoms in total. The average molecular weight is 514 g/mol. The van der Waals surface area contributed by atoms with E-state index >= 15 is 0 Å². The first kappa shape index (κ1) is 26.3. The maximum atomic E-state index is 12.6. The van der Waals surface area contributed by atoms with Crippen molar-refractivity contribution in [2.75, 3.05) is 24.7 Å². The van der Waals surface area contributed by atoms with Crippen LogP contribution in [0.2, 0.25) is 0 Å². The Morgan fingerprint density at radius 1 is 0.914 bits per heavy atom. The van der Waals surface area contributed by atoms with Crippen LogP contribution in [0.5, 0.6) is 0 Å². The Kier molecular flexibility index (Phi) is 8.55. The lowest BCUT2D eigenvalue weighted by atomic mass is 10.1. The summed E-state index contributed by atoms with van der Waals surface area (Å²) in [7, 11) is -5.36. The van der Waals surface area contributed by atoms with Crippen molar-refractivity contribution in [1.82, 2.24) is 9.71 Å². The predicted molar refractivity (Wildman–Crippen MR) is 136 cm³/mol. The number of nitrogens with zero attached hydrogens (tertiary/aromatic N) is 2. The molecule has 0 atom stereocenters. The molecule has 0 unspecified atom stereocenters. The van der Waals surface area contributed by atoms with Gasteiger partial charge in [-0.25, -0.2) is 21.6 Å². The minimum atomic E-state index is -3.66. The van der Waals surface area contributed by atoms with E-state index in [0.717, 1.165) is 18.2 Å². The second kappa shape index (κ2) is 11.4. The normalized spacial score (nSPS) is 12.1. The second-order valence-electron chi connectivity index (χ2n) is 7.92. The number of carbonyl (C=O) groups excluding carboxylic acids is 1. The van der Waals surface area contributed by atoms with Crippen molar-refractivity contribution in [3.63, 3.8) is 0 Å². The quantitative estimate of drug-likeness (QED) is 0.329. The highest BCUT2D eigenvalue weighted by Crippen LogP contribution is 2.18. The summed E-state index contributed by atoms with van der Waals surface area (Å²) in [4.78, 5) is 18.2. The van der Waals surface area contributed by atoms with Crippen molar-refractivity contribution in [2.24, 2.45) is 0 Å². The Morgan fingerprint density at radius 2 is 1.51 bits per heavy atom. The molecule has 3 rings (SSSR count). The zero-order chi connectivity index (χ0) is 25.5. The van der Waals surface area contributed by atoms with Gasteiger partial charge < -0.3 is 4.90 Å². The van der Waals surface area contributed by atoms with Crippen molar-refractivity contribution in [3.8, 4) is 0 Å². The molecule has 2 aromatic carbocycles. The number of hydrogen-bond donors (Lipinski definition) is 1. The summed E-state index contributed by atoms with van der Waals surface area (Å²) in [5, 5.41) is 0. The van der Waals surface area contributed by atoms with Crippen LogP contribution in [0.3, 0.4) is 0 Å². The van der Waals surface area contributed by atoms with E-state index in [2.05, 4.69) is 9.71 Å². The van der Waals surface area contributed by atoms with Gasteiger partial charge in [0.1, 0.15) is 0 Å². The molecular formula is C25H27N3O5S2. The molecule has 0 saturated carbocycles. The summed E-state index contributed by atoms with van der Waals surface area (Å²) in [5.41, 5.74) is 2.30. The van der Waals surface area contributed by atoms with Crippen LogP contribution in [0.15, 0.2) is 88.9 Å². The van der Waals surface area contributed by atoms with Crippen molar-refractivity contribution in [2.45, 2.75) is 22.6 Å². The monoisotopic (exact) mass is 513 g/mol. The van der Waals surface area contributed by atoms with Gasteiger partial charge in [0, 0.05) is 44.0 Å². The number of anilines is 1. The number of amides is 1. The number of hydrogen-bond acceptors (Lipinski definition) is 6. The van der Waals surface area contributed by atoms with Crippen LogP contribution in [0.1, 0.15) is 17.5 Å². The molecule has 35 heavy (non-hydrogen) atoms. The number of pyridine rings is 1. The number of sulfonamides is 1. The van der Waals surface area contributed by atoms with Crippen LogP contribution in [0.25, 0.3) is 6.08 Å². The van der Waals surface area contributed by atoms with Crippen LogP contribution in [0, 0.1) is 0 Å². The minimum Gasteiger partial charge on any atom is -0.312 e. The van der Waals surface area contributed by atoms with Crippen molar-refractivity contribution < 1.29 is 21.6 Å². The summed E-state index contributed by atoms with van der Waals surface area (Å²) < 4.78 is 50.8. The number of aromatic nitrogens is 1. The summed E-state index contributed by atoms with van der Waals surface area (Å²) in [6, 6.07) is 16.0. The van der Waals surface area contributed by atoms with Gasteiger partial charge in [0.25, 0.3) is 5.91 Å². The van der Waals surface area contributed by atoms with Gasteiger partial charge in [0.15, 0.2) is 9.84 Å². The predicted octanol–water partition coefficient (Wildman–Crippen LogP) is 3.07. The van der Waals surface area contributed by atoms with E-state index in [4.69, 9.17) is 0 Å². The molecule has 0 aliphatic rings. The van der Waals surface area contributed by atoms with Crippen LogP contribution < -0.4 is 9.62 Å². The zero-order valence-electron chi connectivity index (χ0n) is 19.5. The van der Waals surface area contributed by atoms with Gasteiger partial charge in [0.2, 0.25) is 10.0 Å². The maximum absolute atomic E-state index is 12.6. The van der Waals surface area contributed by atoms with Gasteiger partial charge in [-0.15, -0.1) is 0 Å². The van der Waals surface area contributed by atoms with Crippen molar-refractivity contribution in [1.29, 1.82) is 0 Å². The highest BCUT2D eigenvalue weighted by molar-refractivity contribution is 7.90. The first-order chi connectivity index (χ1) is 16.6. The molecule has 0 aliphatic carbocycles. The largest absolute Gasteiger partial charge is 0.312 e. The minimum absolute atomic E-state index is 0.118. The molecule has 1 aromatic heterocycles. The van der Waals surface area contributed by atoms with Gasteiger partial charge >= 0.3 is 0 Å². The van der Waals surface area contributed by atoms with Gasteiger partial charge in [-0.05, 0) is 78.6 Å². The number of sulfone groups is 1. The average Bonchev–Trinajstić information content (AvgIpc) is 2.85. The summed E-state index contributed by atoms with van der Waals surface area (Å²) >= 11 is 0. The van der Waals surface area contributed by atoms with E-state index in [1.54, 1.807) is 49.8 Å². The number of carbonyl (C=O) groups is 1. The molecule has 1 heterocycles. The third-order valence-corrected chi connectivity index (χ3v) is 7.88. The van der Waals surface area contributed by atoms with Crippen LogP contribution in [0.4, 0.5) is 5.69 Å². The molecule has 10 heteroatoms. The van der Waals surface area contributed by atoms with Gasteiger partial charge in [-0.1, -0.05) is 12.1 Å². The summed E-state index contributed by atoms with van der Waals surface area (Å²) in [6.45, 7) is 0.306. The van der Waals surface area contributed by atoms with E-state index in [1.807, 2.05) is 12.1 Å². The molecule has 0 fully saturated rings. The van der Waals surface area contributed by atoms with Crippen molar-refractivity contribution >= 4 is 37.5 Å². The highest BCUT2D eigenvalue weighted by atomic mass is 32.2. The Hall–Kier alpha value is -3.34. The van der Waals surface area contributed by atoms with Crippen molar-refractivity contribution in [3.05, 3.63) is 90.3 Å². The molecule has 1 N–H and O–H groups in total. The SMILES string of the molecule is CN(C(=O)C=Cc1ccc(S(C)(=O)=O)cc1)c1ccc(S(=O)(=O)NCCCc2ccncc2)cc1. The fraction of sp³-hybridized carbons (Fsp3) is 0.200. The van der Waals surface area contributed by atoms with Crippen LogP contribution >= 0.6 is 0 Å². The van der Waals surface area contributed by atoms with E-state index in [1.165, 1.54) is 35.2 Å². The van der Waals surface area contributed by atoms with E-state index < -0.39 is 19.9 Å². The maximum Gasteiger partial charge on any atom is 0.250 e. The number of rotatable bonds is 10. The first-order valence-corrected chi connectivity index (χ1v) is 14.2. The van der Waals surface area contributed by atoms with Gasteiger partial charge in [-0.2, -0.15) is 0 Å². The van der Waals surface area contributed by atoms with E-state index in [9.17, 15) is 21.6 Å². The fourth-order valence-electron chi connectivity index (χ4n) is 3.21. The molecule has 0 radical (unpaired) electrons. The number of nitrogens with one attached hydrogen (secondary N) is 1. The molecule has 0 bridgehead atoms. The number of likely N-dealkylation sites (N-methyl/N-ethyl adjacent to an activating group) is 1. The van der Waals surface area contributed by atoms with Crippen LogP contribution in [-0.2, 0) is 31.1 Å². The number of benzene rings is 2. The third kappa shape index (κ3) is 7.57. The Labute approximate surface area is 206 Å². The highest BCUT2D eigenvalue weighted by Gasteiger charge is 2.15. The molecule has 1 amide bonds.